The molecule has 1 fully saturated rings. The minimum Gasteiger partial charge on any atom is -0.356 e. The fourth-order valence-corrected chi connectivity index (χ4v) is 2.46. The number of alkyl halides is 3. The summed E-state index contributed by atoms with van der Waals surface area (Å²) in [6.07, 6.45) is -3.31. The van der Waals surface area contributed by atoms with Gasteiger partial charge in [-0.25, -0.2) is 4.98 Å². The number of pyridine rings is 1. The van der Waals surface area contributed by atoms with Gasteiger partial charge in [-0.05, 0) is 54.5 Å². The van der Waals surface area contributed by atoms with Crippen LogP contribution in [0.3, 0.4) is 0 Å². The van der Waals surface area contributed by atoms with Gasteiger partial charge < -0.3 is 4.90 Å². The molecule has 0 radical (unpaired) electrons. The second kappa shape index (κ2) is 5.22. The SMILES string of the molecule is Cc1nc(N2CCCC(C(F)(F)F)C2)ccc1I. The van der Waals surface area contributed by atoms with Crippen LogP contribution in [-0.4, -0.2) is 24.2 Å². The third-order valence-electron chi connectivity index (χ3n) is 3.21. The Hall–Kier alpha value is -0.530. The maximum Gasteiger partial charge on any atom is 0.393 e. The van der Waals surface area contributed by atoms with Crippen molar-refractivity contribution in [2.24, 2.45) is 5.92 Å². The smallest absolute Gasteiger partial charge is 0.356 e. The number of hydrogen-bond donors (Lipinski definition) is 0. The molecular weight excluding hydrogens is 356 g/mol. The Morgan fingerprint density at radius 2 is 2.11 bits per heavy atom. The van der Waals surface area contributed by atoms with Gasteiger partial charge in [-0.2, -0.15) is 13.2 Å². The summed E-state index contributed by atoms with van der Waals surface area (Å²) < 4.78 is 39.2. The highest BCUT2D eigenvalue weighted by atomic mass is 127. The van der Waals surface area contributed by atoms with Crippen molar-refractivity contribution in [1.82, 2.24) is 4.98 Å². The molecule has 100 valence electrons. The van der Waals surface area contributed by atoms with Gasteiger partial charge in [-0.1, -0.05) is 0 Å². The van der Waals surface area contributed by atoms with Gasteiger partial charge in [0.25, 0.3) is 0 Å². The lowest BCUT2D eigenvalue weighted by Crippen LogP contribution is -2.42. The summed E-state index contributed by atoms with van der Waals surface area (Å²) in [5, 5.41) is 0. The van der Waals surface area contributed by atoms with Gasteiger partial charge in [-0.15, -0.1) is 0 Å². The van der Waals surface area contributed by atoms with Gasteiger partial charge >= 0.3 is 6.18 Å². The number of piperidine rings is 1. The highest BCUT2D eigenvalue weighted by Gasteiger charge is 2.42. The molecule has 1 aliphatic heterocycles. The highest BCUT2D eigenvalue weighted by Crippen LogP contribution is 2.34. The minimum absolute atomic E-state index is 0.0243. The lowest BCUT2D eigenvalue weighted by molar-refractivity contribution is -0.176. The van der Waals surface area contributed by atoms with Gasteiger partial charge in [-0.3, -0.25) is 0 Å². The van der Waals surface area contributed by atoms with Crippen LogP contribution in [0.1, 0.15) is 18.5 Å². The van der Waals surface area contributed by atoms with E-state index in [0.29, 0.717) is 18.8 Å². The van der Waals surface area contributed by atoms with Crippen molar-refractivity contribution in [3.05, 3.63) is 21.4 Å². The Balaban J connectivity index is 2.15. The van der Waals surface area contributed by atoms with Gasteiger partial charge in [0, 0.05) is 16.7 Å². The molecule has 1 saturated heterocycles. The van der Waals surface area contributed by atoms with Gasteiger partial charge in [0.2, 0.25) is 0 Å². The topological polar surface area (TPSA) is 16.1 Å². The van der Waals surface area contributed by atoms with Crippen LogP contribution < -0.4 is 4.90 Å². The lowest BCUT2D eigenvalue weighted by atomic mass is 9.97. The van der Waals surface area contributed by atoms with Crippen molar-refractivity contribution in [2.75, 3.05) is 18.0 Å². The molecule has 0 amide bonds. The average Bonchev–Trinajstić information content (AvgIpc) is 2.32. The summed E-state index contributed by atoms with van der Waals surface area (Å²) in [5.41, 5.74) is 0.863. The van der Waals surface area contributed by atoms with E-state index in [4.69, 9.17) is 0 Å². The Kier molecular flexibility index (Phi) is 4.03. The first-order chi connectivity index (χ1) is 8.38. The van der Waals surface area contributed by atoms with Gasteiger partial charge in [0.05, 0.1) is 11.6 Å². The van der Waals surface area contributed by atoms with Crippen LogP contribution in [0.2, 0.25) is 0 Å². The van der Waals surface area contributed by atoms with Crippen LogP contribution in [0.15, 0.2) is 12.1 Å². The van der Waals surface area contributed by atoms with E-state index >= 15 is 0 Å². The number of nitrogens with zero attached hydrogens (tertiary/aromatic N) is 2. The van der Waals surface area contributed by atoms with Gasteiger partial charge in [0.1, 0.15) is 5.82 Å². The van der Waals surface area contributed by atoms with E-state index in [0.717, 1.165) is 9.26 Å². The summed E-state index contributed by atoms with van der Waals surface area (Å²) >= 11 is 2.17. The van der Waals surface area contributed by atoms with E-state index in [-0.39, 0.29) is 13.0 Å². The number of anilines is 1. The Morgan fingerprint density at radius 1 is 1.39 bits per heavy atom. The molecule has 1 unspecified atom stereocenters. The van der Waals surface area contributed by atoms with Crippen molar-refractivity contribution in [3.8, 4) is 0 Å². The molecule has 6 heteroatoms. The number of rotatable bonds is 1. The first kappa shape index (κ1) is 13.9. The van der Waals surface area contributed by atoms with Crippen LogP contribution in [0.25, 0.3) is 0 Å². The van der Waals surface area contributed by atoms with Gasteiger partial charge in [0.15, 0.2) is 0 Å². The molecule has 1 aliphatic rings. The van der Waals surface area contributed by atoms with Crippen molar-refractivity contribution in [3.63, 3.8) is 0 Å². The zero-order valence-electron chi connectivity index (χ0n) is 9.97. The average molecular weight is 370 g/mol. The third kappa shape index (κ3) is 3.07. The third-order valence-corrected chi connectivity index (χ3v) is 4.36. The Bertz CT molecular complexity index is 434. The molecule has 18 heavy (non-hydrogen) atoms. The summed E-state index contributed by atoms with van der Waals surface area (Å²) in [7, 11) is 0. The van der Waals surface area contributed by atoms with Crippen LogP contribution in [0.4, 0.5) is 19.0 Å². The first-order valence-electron chi connectivity index (χ1n) is 5.83. The first-order valence-corrected chi connectivity index (χ1v) is 6.90. The van der Waals surface area contributed by atoms with E-state index in [1.165, 1.54) is 0 Å². The molecule has 1 aromatic rings. The normalized spacial score (nSPS) is 21.2. The van der Waals surface area contributed by atoms with E-state index in [9.17, 15) is 13.2 Å². The van der Waals surface area contributed by atoms with Crippen LogP contribution in [-0.2, 0) is 0 Å². The summed E-state index contributed by atoms with van der Waals surface area (Å²) in [6, 6.07) is 3.70. The Labute approximate surface area is 118 Å². The quantitative estimate of drug-likeness (QED) is 0.700. The second-order valence-corrected chi connectivity index (χ2v) is 5.73. The zero-order valence-corrected chi connectivity index (χ0v) is 12.1. The summed E-state index contributed by atoms with van der Waals surface area (Å²) in [5.74, 6) is -0.575. The van der Waals surface area contributed by atoms with Crippen molar-refractivity contribution in [1.29, 1.82) is 0 Å². The minimum atomic E-state index is -4.10. The van der Waals surface area contributed by atoms with E-state index < -0.39 is 12.1 Å². The number of halogens is 4. The molecule has 0 spiro atoms. The fraction of sp³-hybridized carbons (Fsp3) is 0.583. The molecule has 1 atom stereocenters. The number of aromatic nitrogens is 1. The van der Waals surface area contributed by atoms with E-state index in [1.807, 2.05) is 13.0 Å². The fourth-order valence-electron chi connectivity index (χ4n) is 2.16. The maximum atomic E-state index is 12.7. The molecule has 0 aliphatic carbocycles. The van der Waals surface area contributed by atoms with E-state index in [1.54, 1.807) is 11.0 Å². The van der Waals surface area contributed by atoms with Crippen molar-refractivity contribution >= 4 is 28.4 Å². The maximum absolute atomic E-state index is 12.7. The van der Waals surface area contributed by atoms with E-state index in [2.05, 4.69) is 27.6 Å². The largest absolute Gasteiger partial charge is 0.393 e. The molecule has 0 saturated carbocycles. The van der Waals surface area contributed by atoms with Crippen molar-refractivity contribution < 1.29 is 13.2 Å². The second-order valence-electron chi connectivity index (χ2n) is 4.56. The molecule has 0 bridgehead atoms. The predicted molar refractivity (Wildman–Crippen MR) is 72.7 cm³/mol. The molecule has 2 rings (SSSR count). The Morgan fingerprint density at radius 3 is 2.72 bits per heavy atom. The molecule has 0 N–H and O–H groups in total. The van der Waals surface area contributed by atoms with Crippen LogP contribution in [0, 0.1) is 16.4 Å². The molecule has 2 nitrogen and oxygen atoms in total. The standard InChI is InChI=1S/C12H14F3IN2/c1-8-10(16)4-5-11(17-8)18-6-2-3-9(7-18)12(13,14)15/h4-5,9H,2-3,6-7H2,1H3. The van der Waals surface area contributed by atoms with Crippen LogP contribution in [0.5, 0.6) is 0 Å². The highest BCUT2D eigenvalue weighted by molar-refractivity contribution is 14.1. The van der Waals surface area contributed by atoms with Crippen molar-refractivity contribution in [2.45, 2.75) is 25.9 Å². The zero-order chi connectivity index (χ0) is 13.3. The predicted octanol–water partition coefficient (Wildman–Crippen LogP) is 3.77. The molecule has 2 heterocycles. The lowest BCUT2D eigenvalue weighted by Gasteiger charge is -2.34. The summed E-state index contributed by atoms with van der Waals surface area (Å²) in [4.78, 5) is 6.10. The molecule has 0 aromatic carbocycles. The summed E-state index contributed by atoms with van der Waals surface area (Å²) in [6.45, 7) is 2.55. The number of aryl methyl sites for hydroxylation is 1. The molecular formula is C12H14F3IN2. The molecule has 1 aromatic heterocycles. The number of hydrogen-bond acceptors (Lipinski definition) is 2. The monoisotopic (exact) mass is 370 g/mol. The van der Waals surface area contributed by atoms with Crippen LogP contribution >= 0.6 is 22.6 Å².